The van der Waals surface area contributed by atoms with E-state index < -0.39 is 22.8 Å². The lowest BCUT2D eigenvalue weighted by molar-refractivity contribution is -0.384. The van der Waals surface area contributed by atoms with Gasteiger partial charge in [0, 0.05) is 17.2 Å². The van der Waals surface area contributed by atoms with E-state index in [1.807, 2.05) is 0 Å². The number of amides is 4. The zero-order chi connectivity index (χ0) is 27.4. The number of hydrogen-bond acceptors (Lipinski definition) is 7. The molecule has 10 nitrogen and oxygen atoms in total. The van der Waals surface area contributed by atoms with E-state index in [9.17, 15) is 24.5 Å². The highest BCUT2D eigenvalue weighted by molar-refractivity contribution is 9.10. The van der Waals surface area contributed by atoms with Crippen molar-refractivity contribution in [3.63, 3.8) is 0 Å². The summed E-state index contributed by atoms with van der Waals surface area (Å²) in [5, 5.41) is 13.5. The molecule has 0 aromatic heterocycles. The maximum atomic E-state index is 13.2. The highest BCUT2D eigenvalue weighted by Gasteiger charge is 2.36. The van der Waals surface area contributed by atoms with Gasteiger partial charge < -0.3 is 9.47 Å². The second kappa shape index (κ2) is 11.4. The molecule has 1 heterocycles. The normalized spacial score (nSPS) is 14.4. The minimum Gasteiger partial charge on any atom is -0.490 e. The van der Waals surface area contributed by atoms with Crippen molar-refractivity contribution in [2.45, 2.75) is 13.5 Å². The van der Waals surface area contributed by atoms with Gasteiger partial charge in [-0.05, 0) is 88.6 Å². The van der Waals surface area contributed by atoms with Gasteiger partial charge in [0.1, 0.15) is 12.2 Å². The molecule has 1 fully saturated rings. The first-order valence-electron chi connectivity index (χ1n) is 11.2. The standard InChI is InChI=1S/C26H19BrClN3O7/c1-2-37-22-13-16(12-21(27)23(22)38-14-15-3-7-19(8-4-15)31(35)36)11-20-24(32)29-26(34)30(25(20)33)18-9-5-17(28)6-10-18/h3-13H,2,14H2,1H3,(H,29,32,34)/b20-11+. The number of non-ortho nitro benzene ring substituents is 1. The summed E-state index contributed by atoms with van der Waals surface area (Å²) in [5.74, 6) is -0.930. The molecule has 1 N–H and O–H groups in total. The third-order valence-electron chi connectivity index (χ3n) is 5.36. The van der Waals surface area contributed by atoms with E-state index in [0.29, 0.717) is 38.7 Å². The van der Waals surface area contributed by atoms with E-state index in [2.05, 4.69) is 21.2 Å². The Balaban J connectivity index is 1.62. The van der Waals surface area contributed by atoms with Gasteiger partial charge in [0.2, 0.25) is 0 Å². The summed E-state index contributed by atoms with van der Waals surface area (Å²) in [7, 11) is 0. The summed E-state index contributed by atoms with van der Waals surface area (Å²) in [6.45, 7) is 2.20. The topological polar surface area (TPSA) is 128 Å². The van der Waals surface area contributed by atoms with Gasteiger partial charge >= 0.3 is 6.03 Å². The summed E-state index contributed by atoms with van der Waals surface area (Å²) >= 11 is 9.35. The van der Waals surface area contributed by atoms with Gasteiger partial charge in [-0.15, -0.1) is 0 Å². The second-order valence-electron chi connectivity index (χ2n) is 7.91. The number of benzene rings is 3. The first kappa shape index (κ1) is 26.8. The van der Waals surface area contributed by atoms with Crippen LogP contribution in [0.4, 0.5) is 16.2 Å². The Hall–Kier alpha value is -4.22. The van der Waals surface area contributed by atoms with Crippen molar-refractivity contribution in [1.82, 2.24) is 5.32 Å². The number of ether oxygens (including phenoxy) is 2. The van der Waals surface area contributed by atoms with Crippen LogP contribution in [0.3, 0.4) is 0 Å². The molecule has 0 aliphatic carbocycles. The lowest BCUT2D eigenvalue weighted by Gasteiger charge is -2.26. The first-order valence-corrected chi connectivity index (χ1v) is 12.3. The van der Waals surface area contributed by atoms with E-state index in [1.54, 1.807) is 31.2 Å². The van der Waals surface area contributed by atoms with Gasteiger partial charge in [-0.25, -0.2) is 9.69 Å². The maximum absolute atomic E-state index is 13.2. The molecule has 0 bridgehead atoms. The molecule has 4 rings (SSSR count). The van der Waals surface area contributed by atoms with E-state index in [4.69, 9.17) is 21.1 Å². The third kappa shape index (κ3) is 5.84. The summed E-state index contributed by atoms with van der Waals surface area (Å²) in [6, 6.07) is 14.3. The lowest BCUT2D eigenvalue weighted by Crippen LogP contribution is -2.54. The Kier molecular flexibility index (Phi) is 8.08. The minimum absolute atomic E-state index is 0.0278. The molecule has 12 heteroatoms. The Morgan fingerprint density at radius 1 is 1.05 bits per heavy atom. The fourth-order valence-electron chi connectivity index (χ4n) is 3.59. The van der Waals surface area contributed by atoms with Gasteiger partial charge in [-0.2, -0.15) is 0 Å². The highest BCUT2D eigenvalue weighted by Crippen LogP contribution is 2.38. The summed E-state index contributed by atoms with van der Waals surface area (Å²) < 4.78 is 12.1. The summed E-state index contributed by atoms with van der Waals surface area (Å²) in [4.78, 5) is 49.4. The molecule has 4 amide bonds. The molecule has 1 aliphatic rings. The van der Waals surface area contributed by atoms with Gasteiger partial charge in [-0.1, -0.05) is 11.6 Å². The van der Waals surface area contributed by atoms with Crippen molar-refractivity contribution in [1.29, 1.82) is 0 Å². The number of anilines is 1. The smallest absolute Gasteiger partial charge is 0.335 e. The fourth-order valence-corrected chi connectivity index (χ4v) is 4.29. The predicted octanol–water partition coefficient (Wildman–Crippen LogP) is 5.65. The van der Waals surface area contributed by atoms with Crippen molar-refractivity contribution >= 4 is 62.8 Å². The van der Waals surface area contributed by atoms with Gasteiger partial charge in [0.15, 0.2) is 11.5 Å². The maximum Gasteiger partial charge on any atom is 0.335 e. The van der Waals surface area contributed by atoms with E-state index in [-0.39, 0.29) is 23.6 Å². The lowest BCUT2D eigenvalue weighted by atomic mass is 10.1. The van der Waals surface area contributed by atoms with Crippen LogP contribution in [0.2, 0.25) is 5.02 Å². The largest absolute Gasteiger partial charge is 0.490 e. The predicted molar refractivity (Wildman–Crippen MR) is 143 cm³/mol. The quantitative estimate of drug-likeness (QED) is 0.153. The van der Waals surface area contributed by atoms with Crippen molar-refractivity contribution in [3.8, 4) is 11.5 Å². The second-order valence-corrected chi connectivity index (χ2v) is 9.20. The van der Waals surface area contributed by atoms with Gasteiger partial charge in [-0.3, -0.25) is 25.0 Å². The molecule has 1 saturated heterocycles. The van der Waals surface area contributed by atoms with Crippen LogP contribution in [0.5, 0.6) is 11.5 Å². The summed E-state index contributed by atoms with van der Waals surface area (Å²) in [5.41, 5.74) is 1.11. The molecular formula is C26H19BrClN3O7. The monoisotopic (exact) mass is 599 g/mol. The van der Waals surface area contributed by atoms with Gasteiger partial charge in [0.25, 0.3) is 17.5 Å². The first-order chi connectivity index (χ1) is 18.2. The Morgan fingerprint density at radius 2 is 1.74 bits per heavy atom. The van der Waals surface area contributed by atoms with Crippen molar-refractivity contribution < 1.29 is 28.8 Å². The number of hydrogen-bond donors (Lipinski definition) is 1. The van der Waals surface area contributed by atoms with Crippen LogP contribution in [0, 0.1) is 10.1 Å². The number of barbiturate groups is 1. The van der Waals surface area contributed by atoms with Crippen LogP contribution in [0.1, 0.15) is 18.1 Å². The van der Waals surface area contributed by atoms with E-state index >= 15 is 0 Å². The average molecular weight is 601 g/mol. The molecule has 3 aromatic carbocycles. The number of carbonyl (C=O) groups excluding carboxylic acids is 3. The van der Waals surface area contributed by atoms with E-state index in [0.717, 1.165) is 4.90 Å². The van der Waals surface area contributed by atoms with Crippen LogP contribution >= 0.6 is 27.5 Å². The molecule has 0 saturated carbocycles. The Morgan fingerprint density at radius 3 is 2.37 bits per heavy atom. The van der Waals surface area contributed by atoms with Crippen LogP contribution in [-0.2, 0) is 16.2 Å². The molecule has 38 heavy (non-hydrogen) atoms. The van der Waals surface area contributed by atoms with Crippen molar-refractivity contribution in [2.24, 2.45) is 0 Å². The number of nitrogens with zero attached hydrogens (tertiary/aromatic N) is 2. The molecule has 1 aliphatic heterocycles. The molecule has 0 unspecified atom stereocenters. The zero-order valence-electron chi connectivity index (χ0n) is 19.8. The molecule has 3 aromatic rings. The van der Waals surface area contributed by atoms with Crippen molar-refractivity contribution in [2.75, 3.05) is 11.5 Å². The number of nitrogens with one attached hydrogen (secondary N) is 1. The molecule has 194 valence electrons. The Labute approximate surface area is 230 Å². The van der Waals surface area contributed by atoms with Crippen LogP contribution in [0.25, 0.3) is 6.08 Å². The van der Waals surface area contributed by atoms with E-state index in [1.165, 1.54) is 42.5 Å². The van der Waals surface area contributed by atoms with Crippen LogP contribution in [-0.4, -0.2) is 29.4 Å². The summed E-state index contributed by atoms with van der Waals surface area (Å²) in [6.07, 6.45) is 1.35. The SMILES string of the molecule is CCOc1cc(/C=C2\C(=O)NC(=O)N(c3ccc(Cl)cc3)C2=O)cc(Br)c1OCc1ccc([N+](=O)[O-])cc1. The zero-order valence-corrected chi connectivity index (χ0v) is 22.1. The Bertz CT molecular complexity index is 1460. The number of nitro benzene ring substituents is 1. The third-order valence-corrected chi connectivity index (χ3v) is 6.20. The fraction of sp³-hybridized carbons (Fsp3) is 0.115. The average Bonchev–Trinajstić information content (AvgIpc) is 2.87. The molecular weight excluding hydrogens is 582 g/mol. The minimum atomic E-state index is -0.870. The number of halogens is 2. The number of imide groups is 2. The number of nitro groups is 1. The number of carbonyl (C=O) groups is 3. The van der Waals surface area contributed by atoms with Gasteiger partial charge in [0.05, 0.1) is 21.7 Å². The molecule has 0 atom stereocenters. The highest BCUT2D eigenvalue weighted by atomic mass is 79.9. The number of urea groups is 1. The van der Waals surface area contributed by atoms with Crippen LogP contribution < -0.4 is 19.7 Å². The molecule has 0 radical (unpaired) electrons. The molecule has 0 spiro atoms. The van der Waals surface area contributed by atoms with Crippen molar-refractivity contribution in [3.05, 3.63) is 97.0 Å². The van der Waals surface area contributed by atoms with Crippen LogP contribution in [0.15, 0.2) is 70.7 Å². The number of rotatable bonds is 8.